The number of para-hydroxylation sites is 1. The normalized spacial score (nSPS) is 32.0. The number of hydrogen-bond donors (Lipinski definition) is 0. The van der Waals surface area contributed by atoms with Crippen molar-refractivity contribution in [1.29, 1.82) is 0 Å². The molecule has 118 valence electrons. The maximum atomic E-state index is 13.6. The highest BCUT2D eigenvalue weighted by Gasteiger charge is 2.62. The molecular weight excluding hydrogens is 309 g/mol. The van der Waals surface area contributed by atoms with Gasteiger partial charge >= 0.3 is 0 Å². The summed E-state index contributed by atoms with van der Waals surface area (Å²) in [5.41, 5.74) is 0.817. The lowest BCUT2D eigenvalue weighted by Gasteiger charge is -2.25. The Bertz CT molecular complexity index is 790. The molecule has 0 radical (unpaired) electrons. The highest BCUT2D eigenvalue weighted by molar-refractivity contribution is 7.61. The van der Waals surface area contributed by atoms with Crippen LogP contribution in [0.4, 0.5) is 0 Å². The van der Waals surface area contributed by atoms with Gasteiger partial charge in [0.05, 0.1) is 0 Å². The van der Waals surface area contributed by atoms with E-state index in [-0.39, 0.29) is 5.66 Å². The molecule has 3 atom stereocenters. The molecule has 0 amide bonds. The van der Waals surface area contributed by atoms with Crippen LogP contribution in [0, 0.1) is 0 Å². The van der Waals surface area contributed by atoms with Crippen molar-refractivity contribution >= 4 is 13.1 Å². The lowest BCUT2D eigenvalue weighted by molar-refractivity contribution is 0.00171. The summed E-state index contributed by atoms with van der Waals surface area (Å²) in [7, 11) is -2.94. The molecule has 2 heterocycles. The Balaban J connectivity index is 1.72. The van der Waals surface area contributed by atoms with Gasteiger partial charge < -0.3 is 9.36 Å². The van der Waals surface area contributed by atoms with Gasteiger partial charge in [-0.2, -0.15) is 0 Å². The maximum absolute atomic E-state index is 13.6. The number of rotatable bonds is 3. The monoisotopic (exact) mass is 327 g/mol. The third kappa shape index (κ3) is 2.38. The molecule has 1 fully saturated rings. The van der Waals surface area contributed by atoms with Crippen LogP contribution in [0.5, 0.6) is 5.75 Å². The molecular formula is C18H18NO3P. The lowest BCUT2D eigenvalue weighted by Crippen LogP contribution is -2.36. The van der Waals surface area contributed by atoms with Crippen molar-refractivity contribution in [2.24, 2.45) is 5.16 Å². The molecule has 2 aliphatic rings. The minimum atomic E-state index is -2.94. The van der Waals surface area contributed by atoms with E-state index < -0.39 is 13.0 Å². The summed E-state index contributed by atoms with van der Waals surface area (Å²) < 4.78 is 19.6. The molecule has 0 bridgehead atoms. The summed E-state index contributed by atoms with van der Waals surface area (Å²) in [5, 5.41) is 4.26. The molecule has 0 N–H and O–H groups in total. The van der Waals surface area contributed by atoms with E-state index in [9.17, 15) is 4.57 Å². The number of nitrogens with zero attached hydrogens (tertiary/aromatic N) is 1. The maximum Gasteiger partial charge on any atom is 0.261 e. The van der Waals surface area contributed by atoms with Gasteiger partial charge in [-0.15, -0.1) is 0 Å². The van der Waals surface area contributed by atoms with Crippen LogP contribution in [0.15, 0.2) is 65.8 Å². The van der Waals surface area contributed by atoms with Crippen LogP contribution in [0.3, 0.4) is 0 Å². The van der Waals surface area contributed by atoms with Gasteiger partial charge in [-0.05, 0) is 19.1 Å². The Labute approximate surface area is 135 Å². The molecule has 4 nitrogen and oxygen atoms in total. The summed E-state index contributed by atoms with van der Waals surface area (Å²) in [5.74, 6) is 0.638. The first kappa shape index (κ1) is 14.5. The molecule has 0 aliphatic carbocycles. The highest BCUT2D eigenvalue weighted by Crippen LogP contribution is 2.65. The Kier molecular flexibility index (Phi) is 3.31. The van der Waals surface area contributed by atoms with Gasteiger partial charge in [0.15, 0.2) is 5.60 Å². The van der Waals surface area contributed by atoms with E-state index in [4.69, 9.17) is 9.36 Å². The highest BCUT2D eigenvalue weighted by atomic mass is 31.2. The summed E-state index contributed by atoms with van der Waals surface area (Å²) in [6, 6.07) is 19.1. The third-order valence-electron chi connectivity index (χ3n) is 4.58. The Morgan fingerprint density at radius 2 is 1.78 bits per heavy atom. The minimum Gasteiger partial charge on any atom is -0.442 e. The van der Waals surface area contributed by atoms with Gasteiger partial charge in [0.1, 0.15) is 17.1 Å². The fourth-order valence-corrected chi connectivity index (χ4v) is 6.68. The third-order valence-corrected chi connectivity index (χ3v) is 7.52. The predicted molar refractivity (Wildman–Crippen MR) is 90.4 cm³/mol. The Morgan fingerprint density at radius 3 is 2.48 bits per heavy atom. The minimum absolute atomic E-state index is 0.322. The van der Waals surface area contributed by atoms with Crippen molar-refractivity contribution < 1.29 is 13.9 Å². The average Bonchev–Trinajstić information content (AvgIpc) is 3.05. The van der Waals surface area contributed by atoms with E-state index in [1.165, 1.54) is 0 Å². The average molecular weight is 327 g/mol. The van der Waals surface area contributed by atoms with Gasteiger partial charge in [0.2, 0.25) is 0 Å². The topological polar surface area (TPSA) is 47.9 Å². The van der Waals surface area contributed by atoms with Gasteiger partial charge in [0, 0.05) is 18.1 Å². The molecule has 5 heteroatoms. The fourth-order valence-electron chi connectivity index (χ4n) is 3.41. The molecule has 23 heavy (non-hydrogen) atoms. The van der Waals surface area contributed by atoms with Crippen molar-refractivity contribution in [3.8, 4) is 5.75 Å². The second-order valence-corrected chi connectivity index (χ2v) is 8.85. The number of benzene rings is 2. The summed E-state index contributed by atoms with van der Waals surface area (Å²) in [6.07, 6.45) is 1.19. The van der Waals surface area contributed by atoms with Crippen LogP contribution in [-0.2, 0) is 9.40 Å². The van der Waals surface area contributed by atoms with E-state index in [0.717, 1.165) is 11.3 Å². The molecule has 0 aromatic heterocycles. The summed E-state index contributed by atoms with van der Waals surface area (Å²) in [6.45, 7) is 1.98. The first-order valence-electron chi connectivity index (χ1n) is 7.76. The zero-order chi connectivity index (χ0) is 15.9. The molecule has 1 saturated heterocycles. The fraction of sp³-hybridized carbons (Fsp3) is 0.278. The molecule has 2 aromatic rings. The second-order valence-electron chi connectivity index (χ2n) is 6.25. The van der Waals surface area contributed by atoms with Crippen LogP contribution >= 0.6 is 7.37 Å². The van der Waals surface area contributed by atoms with Gasteiger partial charge in [-0.3, -0.25) is 4.57 Å². The largest absolute Gasteiger partial charge is 0.442 e. The standard InChI is InChI=1S/C18H18NO3P/c1-18-12-13-23(20,21-15-10-6-3-7-11-15)17(18)16(19-22-18)14-8-4-2-5-9-14/h2-11,17H,12-13H2,1H3. The zero-order valence-corrected chi connectivity index (χ0v) is 13.8. The molecule has 4 rings (SSSR count). The first-order chi connectivity index (χ1) is 11.1. The van der Waals surface area contributed by atoms with Crippen LogP contribution in [0.25, 0.3) is 0 Å². The van der Waals surface area contributed by atoms with E-state index >= 15 is 0 Å². The Morgan fingerprint density at radius 1 is 1.13 bits per heavy atom. The second kappa shape index (κ2) is 5.24. The van der Waals surface area contributed by atoms with E-state index in [0.29, 0.717) is 18.3 Å². The van der Waals surface area contributed by atoms with Gasteiger partial charge in [0.25, 0.3) is 7.37 Å². The van der Waals surface area contributed by atoms with E-state index in [2.05, 4.69) is 5.16 Å². The Hall–Kier alpha value is -2.06. The lowest BCUT2D eigenvalue weighted by atomic mass is 9.93. The van der Waals surface area contributed by atoms with Crippen molar-refractivity contribution in [2.45, 2.75) is 24.6 Å². The van der Waals surface area contributed by atoms with Crippen LogP contribution in [0.2, 0.25) is 0 Å². The van der Waals surface area contributed by atoms with Crippen LogP contribution in [0.1, 0.15) is 18.9 Å². The number of oxime groups is 1. The molecule has 3 unspecified atom stereocenters. The van der Waals surface area contributed by atoms with Crippen molar-refractivity contribution in [2.75, 3.05) is 6.16 Å². The predicted octanol–water partition coefficient (Wildman–Crippen LogP) is 4.31. The SMILES string of the molecule is CC12CCP(=O)(Oc3ccccc3)C1C(c1ccccc1)=NO2. The van der Waals surface area contributed by atoms with Crippen molar-refractivity contribution in [1.82, 2.24) is 0 Å². The van der Waals surface area contributed by atoms with E-state index in [1.807, 2.05) is 67.6 Å². The molecule has 2 aromatic carbocycles. The molecule has 0 saturated carbocycles. The van der Waals surface area contributed by atoms with Crippen molar-refractivity contribution in [3.05, 3.63) is 66.2 Å². The number of hydrogen-bond acceptors (Lipinski definition) is 4. The summed E-state index contributed by atoms with van der Waals surface area (Å²) >= 11 is 0. The molecule has 2 aliphatic heterocycles. The van der Waals surface area contributed by atoms with Gasteiger partial charge in [-0.1, -0.05) is 53.7 Å². The quantitative estimate of drug-likeness (QED) is 0.789. The van der Waals surface area contributed by atoms with E-state index in [1.54, 1.807) is 0 Å². The zero-order valence-electron chi connectivity index (χ0n) is 12.9. The summed E-state index contributed by atoms with van der Waals surface area (Å²) in [4.78, 5) is 5.70. The smallest absolute Gasteiger partial charge is 0.261 e. The van der Waals surface area contributed by atoms with Crippen LogP contribution < -0.4 is 4.52 Å². The van der Waals surface area contributed by atoms with Gasteiger partial charge in [-0.25, -0.2) is 0 Å². The van der Waals surface area contributed by atoms with Crippen LogP contribution in [-0.4, -0.2) is 23.1 Å². The number of fused-ring (bicyclic) bond motifs is 1. The van der Waals surface area contributed by atoms with Crippen molar-refractivity contribution in [3.63, 3.8) is 0 Å². The molecule has 0 spiro atoms. The first-order valence-corrected chi connectivity index (χ1v) is 9.64.